The Morgan fingerprint density at radius 3 is 2.06 bits per heavy atom. The zero-order valence-corrected chi connectivity index (χ0v) is 27.9. The molecule has 2 fully saturated rings. The molecule has 48 heavy (non-hydrogen) atoms. The van der Waals surface area contributed by atoms with Gasteiger partial charge < -0.3 is 39.2 Å². The van der Waals surface area contributed by atoms with E-state index in [0.29, 0.717) is 0 Å². The molecule has 0 saturated carbocycles. The third-order valence-corrected chi connectivity index (χ3v) is 7.99. The summed E-state index contributed by atoms with van der Waals surface area (Å²) in [5, 5.41) is 27.4. The Hall–Kier alpha value is -3.03. The number of carbonyl (C=O) groups is 2. The van der Waals surface area contributed by atoms with Crippen molar-refractivity contribution >= 4 is 22.3 Å². The maximum Gasteiger partial charge on any atom is 0.397 e. The highest BCUT2D eigenvalue weighted by Crippen LogP contribution is 2.30. The first kappa shape index (κ1) is 37.8. The van der Waals surface area contributed by atoms with Crippen LogP contribution in [0.25, 0.3) is 0 Å². The third kappa shape index (κ3) is 11.0. The standard InChI is InChI=1S/C32H44N2O13S/c1-19(35)34-24-27(37)26(36)23(18-44-48(39,40)41)45-31(24)46-29-25(30(38)47-32(2,3)4)33-15-22(42-16-20-11-7-5-8-12-20)28(29)43-17-21-13-9-6-10-14-21/h5-14,22-29,31,33,36-37H,15-18H2,1-4H3,(H,34,35)(H,39,40,41)/t22-,23+,24+,25+,26+,27+,28+,29+,31+/m0/s1. The zero-order chi connectivity index (χ0) is 35.1. The Labute approximate surface area is 279 Å². The maximum absolute atomic E-state index is 13.6. The third-order valence-electron chi connectivity index (χ3n) is 7.55. The molecule has 0 unspecified atom stereocenters. The summed E-state index contributed by atoms with van der Waals surface area (Å²) in [6, 6.07) is 16.1. The van der Waals surface area contributed by atoms with E-state index in [0.717, 1.165) is 11.1 Å². The number of benzene rings is 2. The lowest BCUT2D eigenvalue weighted by Gasteiger charge is -2.47. The summed E-state index contributed by atoms with van der Waals surface area (Å²) in [7, 11) is -4.95. The number of esters is 1. The molecule has 2 saturated heterocycles. The van der Waals surface area contributed by atoms with Crippen LogP contribution in [-0.4, -0.2) is 109 Å². The molecule has 5 N–H and O–H groups in total. The quantitative estimate of drug-likeness (QED) is 0.144. The van der Waals surface area contributed by atoms with Gasteiger partial charge in [0.2, 0.25) is 5.91 Å². The Morgan fingerprint density at radius 1 is 0.938 bits per heavy atom. The van der Waals surface area contributed by atoms with Gasteiger partial charge in [0, 0.05) is 13.5 Å². The molecule has 0 radical (unpaired) electrons. The monoisotopic (exact) mass is 696 g/mol. The van der Waals surface area contributed by atoms with Gasteiger partial charge in [-0.25, -0.2) is 4.18 Å². The van der Waals surface area contributed by atoms with Crippen LogP contribution in [0.2, 0.25) is 0 Å². The van der Waals surface area contributed by atoms with Crippen molar-refractivity contribution in [2.75, 3.05) is 13.2 Å². The van der Waals surface area contributed by atoms with Crippen molar-refractivity contribution in [1.82, 2.24) is 10.6 Å². The minimum Gasteiger partial charge on any atom is -0.459 e. The van der Waals surface area contributed by atoms with Crippen molar-refractivity contribution in [1.29, 1.82) is 0 Å². The van der Waals surface area contributed by atoms with Crippen LogP contribution >= 0.6 is 0 Å². The number of hydrogen-bond donors (Lipinski definition) is 5. The lowest BCUT2D eigenvalue weighted by atomic mass is 9.93. The second-order valence-electron chi connectivity index (χ2n) is 12.6. The highest BCUT2D eigenvalue weighted by Gasteiger charge is 2.52. The number of rotatable bonds is 13. The molecule has 0 aliphatic carbocycles. The highest BCUT2D eigenvalue weighted by molar-refractivity contribution is 7.80. The van der Waals surface area contributed by atoms with Gasteiger partial charge >= 0.3 is 16.4 Å². The second-order valence-corrected chi connectivity index (χ2v) is 13.7. The van der Waals surface area contributed by atoms with Gasteiger partial charge in [0.25, 0.3) is 0 Å². The van der Waals surface area contributed by atoms with Crippen molar-refractivity contribution in [3.8, 4) is 0 Å². The second kappa shape index (κ2) is 16.6. The fourth-order valence-corrected chi connectivity index (χ4v) is 5.70. The fourth-order valence-electron chi connectivity index (χ4n) is 5.40. The number of aliphatic hydroxyl groups is 2. The molecule has 2 aromatic carbocycles. The van der Waals surface area contributed by atoms with E-state index in [9.17, 15) is 28.2 Å². The first-order chi connectivity index (χ1) is 22.6. The van der Waals surface area contributed by atoms with E-state index in [-0.39, 0.29) is 19.8 Å². The van der Waals surface area contributed by atoms with E-state index < -0.39 is 89.5 Å². The zero-order valence-electron chi connectivity index (χ0n) is 27.1. The molecule has 266 valence electrons. The van der Waals surface area contributed by atoms with Crippen LogP contribution in [0, 0.1) is 0 Å². The van der Waals surface area contributed by atoms with Crippen LogP contribution in [0.4, 0.5) is 0 Å². The first-order valence-electron chi connectivity index (χ1n) is 15.4. The van der Waals surface area contributed by atoms with Gasteiger partial charge in [-0.15, -0.1) is 0 Å². The lowest BCUT2D eigenvalue weighted by Crippen LogP contribution is -2.69. The smallest absolute Gasteiger partial charge is 0.397 e. The van der Waals surface area contributed by atoms with E-state index in [2.05, 4.69) is 14.8 Å². The molecule has 2 aliphatic heterocycles. The van der Waals surface area contributed by atoms with Crippen molar-refractivity contribution in [2.45, 2.75) is 102 Å². The average Bonchev–Trinajstić information content (AvgIpc) is 3.01. The SMILES string of the molecule is CC(=O)N[C@H]1[C@@H](O[C@H]2[C@H](OCc3ccccc3)[C@@H](OCc3ccccc3)CN[C@H]2C(=O)OC(C)(C)C)O[C@H](COS(=O)(=O)O)[C@@H](O)[C@@H]1O. The van der Waals surface area contributed by atoms with Gasteiger partial charge in [-0.05, 0) is 31.9 Å². The van der Waals surface area contributed by atoms with Gasteiger partial charge in [-0.3, -0.25) is 19.5 Å². The summed E-state index contributed by atoms with van der Waals surface area (Å²) < 4.78 is 66.8. The lowest BCUT2D eigenvalue weighted by molar-refractivity contribution is -0.301. The molecule has 9 atom stereocenters. The number of amides is 1. The molecular weight excluding hydrogens is 652 g/mol. The summed E-state index contributed by atoms with van der Waals surface area (Å²) in [5.41, 5.74) is 0.811. The number of carbonyl (C=O) groups excluding carboxylic acids is 2. The predicted octanol–water partition coefficient (Wildman–Crippen LogP) is 0.627. The van der Waals surface area contributed by atoms with E-state index in [4.69, 9.17) is 28.2 Å². The molecular formula is C32H44N2O13S. The van der Waals surface area contributed by atoms with E-state index >= 15 is 0 Å². The van der Waals surface area contributed by atoms with Gasteiger partial charge in [-0.2, -0.15) is 8.42 Å². The Morgan fingerprint density at radius 2 is 1.52 bits per heavy atom. The summed E-state index contributed by atoms with van der Waals surface area (Å²) >= 11 is 0. The largest absolute Gasteiger partial charge is 0.459 e. The molecule has 0 aromatic heterocycles. The van der Waals surface area contributed by atoms with Crippen molar-refractivity contribution in [3.63, 3.8) is 0 Å². The summed E-state index contributed by atoms with van der Waals surface area (Å²) in [6.45, 7) is 5.80. The Balaban J connectivity index is 1.71. The molecule has 16 heteroatoms. The van der Waals surface area contributed by atoms with Gasteiger partial charge in [0.05, 0.1) is 25.9 Å². The molecule has 1 amide bonds. The number of nitrogens with one attached hydrogen (secondary N) is 2. The highest BCUT2D eigenvalue weighted by atomic mass is 32.3. The maximum atomic E-state index is 13.6. The van der Waals surface area contributed by atoms with Crippen LogP contribution in [-0.2, 0) is 61.1 Å². The Kier molecular flexibility index (Phi) is 13.1. The number of aliphatic hydroxyl groups excluding tert-OH is 2. The molecule has 4 rings (SSSR count). The van der Waals surface area contributed by atoms with E-state index in [1.807, 2.05) is 60.7 Å². The van der Waals surface area contributed by atoms with Crippen LogP contribution in [0.5, 0.6) is 0 Å². The minimum absolute atomic E-state index is 0.0877. The summed E-state index contributed by atoms with van der Waals surface area (Å²) in [6.07, 6.45) is -9.64. The molecule has 15 nitrogen and oxygen atoms in total. The van der Waals surface area contributed by atoms with Crippen molar-refractivity contribution in [2.24, 2.45) is 0 Å². The van der Waals surface area contributed by atoms with Crippen LogP contribution in [0.3, 0.4) is 0 Å². The molecule has 2 heterocycles. The average molecular weight is 697 g/mol. The van der Waals surface area contributed by atoms with Crippen LogP contribution < -0.4 is 10.6 Å². The van der Waals surface area contributed by atoms with Crippen LogP contribution in [0.15, 0.2) is 60.7 Å². The first-order valence-corrected chi connectivity index (χ1v) is 16.8. The van der Waals surface area contributed by atoms with Crippen molar-refractivity contribution in [3.05, 3.63) is 71.8 Å². The minimum atomic E-state index is -4.95. The van der Waals surface area contributed by atoms with E-state index in [1.165, 1.54) is 6.92 Å². The van der Waals surface area contributed by atoms with Crippen LogP contribution in [0.1, 0.15) is 38.8 Å². The van der Waals surface area contributed by atoms with Gasteiger partial charge in [0.15, 0.2) is 6.29 Å². The number of piperidine rings is 1. The van der Waals surface area contributed by atoms with Crippen molar-refractivity contribution < 1.29 is 60.6 Å². The summed E-state index contributed by atoms with van der Waals surface area (Å²) in [5.74, 6) is -1.30. The van der Waals surface area contributed by atoms with Gasteiger partial charge in [0.1, 0.15) is 48.2 Å². The van der Waals surface area contributed by atoms with E-state index in [1.54, 1.807) is 20.8 Å². The number of ether oxygens (including phenoxy) is 5. The van der Waals surface area contributed by atoms with Gasteiger partial charge in [-0.1, -0.05) is 60.7 Å². The topological polar surface area (TPSA) is 208 Å². The molecule has 2 aromatic rings. The Bertz CT molecular complexity index is 1440. The molecule has 0 bridgehead atoms. The normalized spacial score (nSPS) is 29.6. The predicted molar refractivity (Wildman–Crippen MR) is 168 cm³/mol. The molecule has 0 spiro atoms. The molecule has 2 aliphatic rings. The fraction of sp³-hybridized carbons (Fsp3) is 0.562. The summed E-state index contributed by atoms with van der Waals surface area (Å²) in [4.78, 5) is 25.8. The number of hydrogen-bond acceptors (Lipinski definition) is 13.